The molecule has 3 aliphatic rings. The molecule has 3 aliphatic heterocycles. The molecule has 8 heteroatoms. The first kappa shape index (κ1) is 20.5. The van der Waals surface area contributed by atoms with E-state index in [2.05, 4.69) is 15.9 Å². The monoisotopic (exact) mass is 487 g/mol. The molecule has 0 spiro atoms. The Morgan fingerprint density at radius 1 is 1.16 bits per heavy atom. The number of alkyl halides is 1. The normalized spacial score (nSPS) is 24.9. The van der Waals surface area contributed by atoms with Crippen molar-refractivity contribution in [3.8, 4) is 28.7 Å². The molecule has 31 heavy (non-hydrogen) atoms. The summed E-state index contributed by atoms with van der Waals surface area (Å²) in [4.78, 5) is 13.6. The Bertz CT molecular complexity index is 1060. The highest BCUT2D eigenvalue weighted by molar-refractivity contribution is 9.10. The van der Waals surface area contributed by atoms with Crippen LogP contribution in [0, 0.1) is 0 Å². The third-order valence-corrected chi connectivity index (χ3v) is 7.06. The van der Waals surface area contributed by atoms with Crippen LogP contribution in [0.3, 0.4) is 0 Å². The molecule has 2 aromatic carbocycles. The number of Topliss-reactive ketones (excluding diaryl/α,β-unsaturated/α-hetero) is 1. The molecule has 0 amide bonds. The predicted molar refractivity (Wildman–Crippen MR) is 116 cm³/mol. The van der Waals surface area contributed by atoms with Gasteiger partial charge in [0.1, 0.15) is 36.1 Å². The van der Waals surface area contributed by atoms with E-state index in [4.69, 9.17) is 23.7 Å². The van der Waals surface area contributed by atoms with Crippen LogP contribution in [0.1, 0.15) is 34.3 Å². The molecule has 0 aromatic heterocycles. The quantitative estimate of drug-likeness (QED) is 0.663. The van der Waals surface area contributed by atoms with Gasteiger partial charge >= 0.3 is 0 Å². The molecule has 0 bridgehead atoms. The fraction of sp³-hybridized carbons (Fsp3) is 0.435. The molecule has 3 heterocycles. The Morgan fingerprint density at radius 2 is 1.90 bits per heavy atom. The maximum absolute atomic E-state index is 13.6. The summed E-state index contributed by atoms with van der Waals surface area (Å²) >= 11 is 3.55. The van der Waals surface area contributed by atoms with Gasteiger partial charge in [-0.15, -0.1) is 0 Å². The summed E-state index contributed by atoms with van der Waals surface area (Å²) in [5.74, 6) is 2.41. The lowest BCUT2D eigenvalue weighted by Crippen LogP contribution is -2.43. The molecule has 0 aliphatic carbocycles. The highest BCUT2D eigenvalue weighted by Crippen LogP contribution is 2.50. The number of ether oxygens (including phenoxy) is 5. The molecular weight excluding hydrogens is 464 g/mol. The zero-order chi connectivity index (χ0) is 21.9. The number of hydrogen-bond donors (Lipinski definition) is 1. The summed E-state index contributed by atoms with van der Waals surface area (Å²) < 4.78 is 28.5. The Hall–Kier alpha value is -2.45. The summed E-state index contributed by atoms with van der Waals surface area (Å²) in [6, 6.07) is 7.11. The van der Waals surface area contributed by atoms with Crippen LogP contribution in [0.2, 0.25) is 0 Å². The SMILES string of the molecule is COc1cc2c(cc1OC)[C@@H]1C(=O)c3ccc4c(c3O[C@@H]1CO2)C[C@H]([C@@](C)([76Br])CO)O4. The van der Waals surface area contributed by atoms with Gasteiger partial charge in [0.2, 0.25) is 0 Å². The van der Waals surface area contributed by atoms with Crippen molar-refractivity contribution >= 4 is 21.7 Å². The van der Waals surface area contributed by atoms with Crippen LogP contribution < -0.4 is 23.7 Å². The lowest BCUT2D eigenvalue weighted by atomic mass is 9.81. The largest absolute Gasteiger partial charge is 0.493 e. The fourth-order valence-electron chi connectivity index (χ4n) is 4.50. The molecule has 0 saturated carbocycles. The minimum Gasteiger partial charge on any atom is -0.493 e. The third-order valence-electron chi connectivity index (χ3n) is 6.30. The molecule has 5 rings (SSSR count). The van der Waals surface area contributed by atoms with E-state index >= 15 is 0 Å². The average Bonchev–Trinajstić information content (AvgIpc) is 3.23. The van der Waals surface area contributed by atoms with E-state index in [-0.39, 0.29) is 25.1 Å². The molecule has 2 aromatic rings. The molecule has 0 unspecified atom stereocenters. The number of fused-ring (bicyclic) bond motifs is 6. The minimum atomic E-state index is -0.595. The van der Waals surface area contributed by atoms with Crippen molar-refractivity contribution in [2.75, 3.05) is 27.4 Å². The van der Waals surface area contributed by atoms with Crippen molar-refractivity contribution in [1.29, 1.82) is 0 Å². The van der Waals surface area contributed by atoms with Gasteiger partial charge in [0.05, 0.1) is 36.6 Å². The zero-order valence-electron chi connectivity index (χ0n) is 17.4. The predicted octanol–water partition coefficient (Wildman–Crippen LogP) is 3.27. The van der Waals surface area contributed by atoms with E-state index < -0.39 is 16.3 Å². The minimum absolute atomic E-state index is 0.0157. The average molecular weight is 487 g/mol. The lowest BCUT2D eigenvalue weighted by molar-refractivity contribution is 0.0554. The second-order valence-electron chi connectivity index (χ2n) is 8.22. The smallest absolute Gasteiger partial charge is 0.178 e. The number of carbonyl (C=O) groups excluding carboxylic acids is 1. The van der Waals surface area contributed by atoms with Crippen molar-refractivity contribution in [1.82, 2.24) is 0 Å². The van der Waals surface area contributed by atoms with Crippen LogP contribution in [-0.4, -0.2) is 54.9 Å². The first-order chi connectivity index (χ1) is 14.9. The van der Waals surface area contributed by atoms with Crippen molar-refractivity contribution in [3.05, 3.63) is 41.0 Å². The number of benzene rings is 2. The van der Waals surface area contributed by atoms with Gasteiger partial charge < -0.3 is 28.8 Å². The maximum atomic E-state index is 13.6. The highest BCUT2D eigenvalue weighted by atomic mass is 75.9. The molecule has 0 radical (unpaired) electrons. The number of halogens is 1. The summed E-state index contributed by atoms with van der Waals surface area (Å²) in [7, 11) is 3.12. The number of carbonyl (C=O) groups is 1. The number of rotatable bonds is 4. The molecular formula is C23H23BrO7. The van der Waals surface area contributed by atoms with E-state index in [0.29, 0.717) is 40.7 Å². The van der Waals surface area contributed by atoms with Gasteiger partial charge in [0.15, 0.2) is 17.3 Å². The first-order valence-corrected chi connectivity index (χ1v) is 10.9. The Kier molecular flexibility index (Phi) is 4.82. The van der Waals surface area contributed by atoms with Crippen LogP contribution in [0.15, 0.2) is 24.3 Å². The van der Waals surface area contributed by atoms with E-state index in [1.165, 1.54) is 0 Å². The second kappa shape index (κ2) is 7.31. The Balaban J connectivity index is 1.55. The number of hydrogen-bond acceptors (Lipinski definition) is 7. The molecule has 0 fully saturated rings. The van der Waals surface area contributed by atoms with E-state index in [1.807, 2.05) is 13.0 Å². The second-order valence-corrected chi connectivity index (χ2v) is 10.0. The number of methoxy groups -OCH3 is 2. The lowest BCUT2D eigenvalue weighted by Gasteiger charge is -2.37. The van der Waals surface area contributed by atoms with Crippen LogP contribution >= 0.6 is 15.9 Å². The van der Waals surface area contributed by atoms with Crippen molar-refractivity contribution in [3.63, 3.8) is 0 Å². The maximum Gasteiger partial charge on any atom is 0.178 e. The molecule has 7 nitrogen and oxygen atoms in total. The highest BCUT2D eigenvalue weighted by Gasteiger charge is 2.47. The topological polar surface area (TPSA) is 83.5 Å². The number of ketones is 1. The van der Waals surface area contributed by atoms with Crippen molar-refractivity contribution in [2.24, 2.45) is 0 Å². The van der Waals surface area contributed by atoms with Gasteiger partial charge in [-0.3, -0.25) is 4.79 Å². The number of aliphatic hydroxyl groups excluding tert-OH is 1. The van der Waals surface area contributed by atoms with Crippen LogP contribution in [0.4, 0.5) is 0 Å². The van der Waals surface area contributed by atoms with E-state index in [0.717, 1.165) is 11.1 Å². The fourth-order valence-corrected chi connectivity index (χ4v) is 4.76. The van der Waals surface area contributed by atoms with Crippen LogP contribution in [0.25, 0.3) is 0 Å². The van der Waals surface area contributed by atoms with Gasteiger partial charge in [-0.05, 0) is 25.1 Å². The Labute approximate surface area is 188 Å². The summed E-state index contributed by atoms with van der Waals surface area (Å²) in [5.41, 5.74) is 2.12. The zero-order valence-corrected chi connectivity index (χ0v) is 19.0. The van der Waals surface area contributed by atoms with Crippen molar-refractivity contribution in [2.45, 2.75) is 35.8 Å². The van der Waals surface area contributed by atoms with Gasteiger partial charge in [0, 0.05) is 23.6 Å². The van der Waals surface area contributed by atoms with Crippen LogP contribution in [0.5, 0.6) is 28.7 Å². The van der Waals surface area contributed by atoms with Crippen molar-refractivity contribution < 1.29 is 33.6 Å². The first-order valence-electron chi connectivity index (χ1n) is 10.1. The molecule has 0 saturated heterocycles. The van der Waals surface area contributed by atoms with Crippen LogP contribution in [-0.2, 0) is 6.42 Å². The molecule has 4 atom stereocenters. The Morgan fingerprint density at radius 3 is 2.61 bits per heavy atom. The molecule has 164 valence electrons. The van der Waals surface area contributed by atoms with E-state index in [9.17, 15) is 9.90 Å². The van der Waals surface area contributed by atoms with Gasteiger partial charge in [0.25, 0.3) is 0 Å². The van der Waals surface area contributed by atoms with E-state index in [1.54, 1.807) is 32.4 Å². The van der Waals surface area contributed by atoms with Gasteiger partial charge in [-0.25, -0.2) is 0 Å². The number of aliphatic hydroxyl groups is 1. The summed E-state index contributed by atoms with van der Waals surface area (Å²) in [6.07, 6.45) is -0.187. The van der Waals surface area contributed by atoms with Gasteiger partial charge in [-0.1, -0.05) is 15.9 Å². The van der Waals surface area contributed by atoms with Gasteiger partial charge in [-0.2, -0.15) is 0 Å². The summed E-state index contributed by atoms with van der Waals surface area (Å²) in [6.45, 7) is 2.05. The third kappa shape index (κ3) is 3.07. The molecule has 1 N–H and O–H groups in total. The standard InChI is InChI=1S/C23H23BrO7/c1-23(24,10-25)19-7-13-14(30-19)5-4-11-21(26)20-12-6-16(27-2)17(28-3)8-15(12)29-9-18(20)31-22(11)13/h4-6,8,18-20,25H,7,9-10H2,1-3H3/t18-,19-,20+,23+/m1/s1/i24-4. The summed E-state index contributed by atoms with van der Waals surface area (Å²) in [5, 5.41) is 9.69.